The number of nitrogens with two attached hydrogens (primary N) is 1. The fraction of sp³-hybridized carbons (Fsp3) is 0.400. The monoisotopic (exact) mass is 531 g/mol. The molecule has 2 aliphatic rings. The van der Waals surface area contributed by atoms with Crippen LogP contribution >= 0.6 is 0 Å². The van der Waals surface area contributed by atoms with Crippen LogP contribution in [0.3, 0.4) is 0 Å². The van der Waals surface area contributed by atoms with Crippen molar-refractivity contribution < 1.29 is 19.4 Å². The lowest BCUT2D eigenvalue weighted by Gasteiger charge is -2.39. The molecule has 2 aromatic rings. The van der Waals surface area contributed by atoms with Gasteiger partial charge in [-0.1, -0.05) is 24.5 Å². The molecule has 0 unspecified atom stereocenters. The van der Waals surface area contributed by atoms with Crippen LogP contribution in [0.1, 0.15) is 36.9 Å². The van der Waals surface area contributed by atoms with Crippen molar-refractivity contribution in [2.75, 3.05) is 46.9 Å². The summed E-state index contributed by atoms with van der Waals surface area (Å²) in [5.74, 6) is 8.04. The average molecular weight is 532 g/mol. The number of benzene rings is 1. The number of carbonyl (C=O) groups excluding carboxylic acids is 1. The Balaban J connectivity index is 1.50. The summed E-state index contributed by atoms with van der Waals surface area (Å²) in [5, 5.41) is 11.0. The van der Waals surface area contributed by atoms with Gasteiger partial charge in [0.1, 0.15) is 17.3 Å². The van der Waals surface area contributed by atoms with E-state index in [4.69, 9.17) is 15.2 Å². The zero-order valence-corrected chi connectivity index (χ0v) is 22.9. The smallest absolute Gasteiger partial charge is 0.246 e. The predicted octanol–water partition coefficient (Wildman–Crippen LogP) is 0.827. The molecule has 2 saturated heterocycles. The highest BCUT2D eigenvalue weighted by atomic mass is 16.5. The Hall–Kier alpha value is -4.00. The summed E-state index contributed by atoms with van der Waals surface area (Å²) in [4.78, 5) is 21.0. The molecule has 0 aliphatic carbocycles. The summed E-state index contributed by atoms with van der Waals surface area (Å²) >= 11 is 0. The third-order valence-electron chi connectivity index (χ3n) is 7.10. The van der Waals surface area contributed by atoms with Crippen LogP contribution in [0.25, 0.3) is 12.4 Å². The second-order valence-corrected chi connectivity index (χ2v) is 9.73. The van der Waals surface area contributed by atoms with Crippen molar-refractivity contribution in [3.05, 3.63) is 58.2 Å². The minimum absolute atomic E-state index is 0.00469. The standard InChI is InChI=1S/C30H37N5O4/c1-5-32-30(31)29-21(2)35(18-23(29)9-8-22-15-26(38-3)17-27(16-22)39-4)24-19-34(20-24)28(37)7-6-12-33-13-10-25(36)11-14-33/h5-7,15-18,24-25,36H,2,10-14,19-20,31H2,1,3-4H3/b7-6+,30-29+,32-5-. The minimum atomic E-state index is -0.198. The average Bonchev–Trinajstić information content (AvgIpc) is 3.23. The van der Waals surface area contributed by atoms with Crippen molar-refractivity contribution in [2.45, 2.75) is 31.9 Å². The number of hydrogen-bond acceptors (Lipinski definition) is 7. The third-order valence-corrected chi connectivity index (χ3v) is 7.10. The van der Waals surface area contributed by atoms with Crippen LogP contribution in [-0.4, -0.2) is 84.6 Å². The maximum atomic E-state index is 12.7. The van der Waals surface area contributed by atoms with E-state index >= 15 is 0 Å². The SMILES string of the molecule is C=c1/c(=C(N)\N=C/C)c(C#Cc2cc(OC)cc(OC)c2)cn1C1CN(C(=O)/C=C/CN2CCC(O)CC2)C1. The highest BCUT2D eigenvalue weighted by Crippen LogP contribution is 2.22. The highest BCUT2D eigenvalue weighted by molar-refractivity contribution is 5.88. The Morgan fingerprint density at radius 1 is 1.18 bits per heavy atom. The normalized spacial score (nSPS) is 17.7. The van der Waals surface area contributed by atoms with Gasteiger partial charge in [0, 0.05) is 68.2 Å². The first kappa shape index (κ1) is 28.0. The van der Waals surface area contributed by atoms with Crippen LogP contribution in [-0.2, 0) is 4.79 Å². The quantitative estimate of drug-likeness (QED) is 0.312. The number of amides is 1. The van der Waals surface area contributed by atoms with Crippen LogP contribution in [0.4, 0.5) is 0 Å². The maximum absolute atomic E-state index is 12.7. The molecule has 9 nitrogen and oxygen atoms in total. The summed E-state index contributed by atoms with van der Waals surface area (Å²) in [7, 11) is 3.20. The number of aliphatic imine (C=N–C) groups is 1. The summed E-state index contributed by atoms with van der Waals surface area (Å²) in [6.07, 6.45) is 8.50. The lowest BCUT2D eigenvalue weighted by molar-refractivity contribution is -0.131. The number of aliphatic hydroxyl groups excluding tert-OH is 1. The molecule has 2 fully saturated rings. The molecule has 206 valence electrons. The van der Waals surface area contributed by atoms with Crippen molar-refractivity contribution >= 4 is 24.5 Å². The molecule has 3 heterocycles. The number of carbonyl (C=O) groups is 1. The fourth-order valence-corrected chi connectivity index (χ4v) is 4.82. The van der Waals surface area contributed by atoms with E-state index in [1.807, 2.05) is 33.9 Å². The van der Waals surface area contributed by atoms with Crippen molar-refractivity contribution in [2.24, 2.45) is 10.7 Å². The van der Waals surface area contributed by atoms with Gasteiger partial charge >= 0.3 is 0 Å². The second-order valence-electron chi connectivity index (χ2n) is 9.73. The number of hydrogen-bond donors (Lipinski definition) is 2. The predicted molar refractivity (Wildman–Crippen MR) is 153 cm³/mol. The zero-order valence-electron chi connectivity index (χ0n) is 22.9. The number of aromatic nitrogens is 1. The molecule has 2 aliphatic heterocycles. The number of ether oxygens (including phenoxy) is 2. The topological polar surface area (TPSA) is 106 Å². The van der Waals surface area contributed by atoms with Gasteiger partial charge in [-0.25, -0.2) is 4.99 Å². The van der Waals surface area contributed by atoms with Gasteiger partial charge in [-0.3, -0.25) is 9.69 Å². The summed E-state index contributed by atoms with van der Waals surface area (Å²) in [5.41, 5.74) is 7.75. The van der Waals surface area contributed by atoms with Gasteiger partial charge < -0.3 is 29.8 Å². The lowest BCUT2D eigenvalue weighted by Crippen LogP contribution is -2.52. The van der Waals surface area contributed by atoms with Crippen molar-refractivity contribution in [1.82, 2.24) is 14.4 Å². The van der Waals surface area contributed by atoms with Gasteiger partial charge in [-0.05, 0) is 31.9 Å². The van der Waals surface area contributed by atoms with E-state index in [1.165, 1.54) is 0 Å². The van der Waals surface area contributed by atoms with Crippen LogP contribution in [0.5, 0.6) is 11.5 Å². The summed E-state index contributed by atoms with van der Waals surface area (Å²) < 4.78 is 12.7. The first-order valence-corrected chi connectivity index (χ1v) is 13.1. The Morgan fingerprint density at radius 2 is 1.85 bits per heavy atom. The number of nitrogens with zero attached hydrogens (tertiary/aromatic N) is 4. The lowest BCUT2D eigenvalue weighted by atomic mass is 10.1. The van der Waals surface area contributed by atoms with Gasteiger partial charge in [-0.15, -0.1) is 0 Å². The van der Waals surface area contributed by atoms with Crippen LogP contribution in [0, 0.1) is 11.8 Å². The van der Waals surface area contributed by atoms with Crippen molar-refractivity contribution in [3.63, 3.8) is 0 Å². The van der Waals surface area contributed by atoms with Crippen LogP contribution in [0.15, 0.2) is 41.5 Å². The molecular weight excluding hydrogens is 494 g/mol. The number of likely N-dealkylation sites (tertiary alicyclic amines) is 2. The Bertz CT molecular complexity index is 1400. The molecular formula is C30H37N5O4. The molecule has 0 spiro atoms. The van der Waals surface area contributed by atoms with Crippen molar-refractivity contribution in [1.29, 1.82) is 0 Å². The Morgan fingerprint density at radius 3 is 2.46 bits per heavy atom. The Kier molecular flexibility index (Phi) is 9.12. The van der Waals surface area contributed by atoms with Crippen molar-refractivity contribution in [3.8, 4) is 23.3 Å². The van der Waals surface area contributed by atoms with E-state index in [0.29, 0.717) is 53.1 Å². The first-order chi connectivity index (χ1) is 18.8. The molecule has 1 amide bonds. The molecule has 3 N–H and O–H groups in total. The molecule has 39 heavy (non-hydrogen) atoms. The molecule has 0 saturated carbocycles. The summed E-state index contributed by atoms with van der Waals surface area (Å²) in [6.45, 7) is 9.65. The Labute approximate surface area is 229 Å². The van der Waals surface area contributed by atoms with E-state index in [0.717, 1.165) is 31.5 Å². The number of aliphatic hydroxyl groups is 1. The van der Waals surface area contributed by atoms with E-state index in [1.54, 1.807) is 39.5 Å². The van der Waals surface area contributed by atoms with E-state index in [2.05, 4.69) is 28.3 Å². The molecule has 9 heteroatoms. The van der Waals surface area contributed by atoms with Gasteiger partial charge in [0.15, 0.2) is 0 Å². The molecule has 1 aromatic heterocycles. The van der Waals surface area contributed by atoms with Gasteiger partial charge in [0.2, 0.25) is 5.91 Å². The first-order valence-electron chi connectivity index (χ1n) is 13.1. The molecule has 0 atom stereocenters. The summed E-state index contributed by atoms with van der Waals surface area (Å²) in [6, 6.07) is 5.54. The third kappa shape index (κ3) is 6.72. The highest BCUT2D eigenvalue weighted by Gasteiger charge is 2.31. The van der Waals surface area contributed by atoms with Gasteiger partial charge in [0.05, 0.1) is 37.1 Å². The van der Waals surface area contributed by atoms with Crippen LogP contribution in [0.2, 0.25) is 0 Å². The number of methoxy groups -OCH3 is 2. The molecule has 4 rings (SSSR count). The zero-order chi connectivity index (χ0) is 27.9. The number of piperidine rings is 1. The molecule has 0 bridgehead atoms. The maximum Gasteiger partial charge on any atom is 0.246 e. The largest absolute Gasteiger partial charge is 0.497 e. The number of rotatable bonds is 7. The van der Waals surface area contributed by atoms with E-state index < -0.39 is 0 Å². The van der Waals surface area contributed by atoms with Crippen LogP contribution < -0.4 is 25.8 Å². The minimum Gasteiger partial charge on any atom is -0.497 e. The van der Waals surface area contributed by atoms with Gasteiger partial charge in [0.25, 0.3) is 0 Å². The van der Waals surface area contributed by atoms with E-state index in [-0.39, 0.29) is 18.1 Å². The fourth-order valence-electron chi connectivity index (χ4n) is 4.82. The van der Waals surface area contributed by atoms with Gasteiger partial charge in [-0.2, -0.15) is 0 Å². The molecule has 0 radical (unpaired) electrons. The second kappa shape index (κ2) is 12.7. The van der Waals surface area contributed by atoms with E-state index in [9.17, 15) is 9.90 Å². The molecule has 1 aromatic carbocycles.